The standard InChI is InChI=1S/C7H18N6O3S2/c8-11-5(14)3-7(17-2-1-16-13-10)18-4-6(15)12-9/h7,13H,1-4,8-10H2,(H,11,14)(H,12,15). The lowest BCUT2D eigenvalue weighted by Gasteiger charge is -2.14. The molecule has 0 bridgehead atoms. The van der Waals surface area contributed by atoms with Gasteiger partial charge in [-0.3, -0.25) is 25.3 Å². The highest BCUT2D eigenvalue weighted by Crippen LogP contribution is 2.26. The predicted octanol–water partition coefficient (Wildman–Crippen LogP) is -2.46. The summed E-state index contributed by atoms with van der Waals surface area (Å²) in [6.45, 7) is 0.381. The molecule has 2 amide bonds. The van der Waals surface area contributed by atoms with Crippen LogP contribution in [0.1, 0.15) is 6.42 Å². The summed E-state index contributed by atoms with van der Waals surface area (Å²) in [4.78, 5) is 26.9. The molecule has 0 saturated heterocycles. The van der Waals surface area contributed by atoms with Crippen molar-refractivity contribution in [1.82, 2.24) is 16.4 Å². The largest absolute Gasteiger partial charge is 0.294 e. The number of hydrogen-bond donors (Lipinski definition) is 6. The van der Waals surface area contributed by atoms with E-state index in [0.717, 1.165) is 0 Å². The monoisotopic (exact) mass is 298 g/mol. The second-order valence-corrected chi connectivity index (χ2v) is 5.72. The third kappa shape index (κ3) is 9.47. The van der Waals surface area contributed by atoms with Gasteiger partial charge in [0.15, 0.2) is 0 Å². The second-order valence-electron chi connectivity index (χ2n) is 2.92. The molecule has 0 aromatic rings. The number of hydrogen-bond acceptors (Lipinski definition) is 9. The summed E-state index contributed by atoms with van der Waals surface area (Å²) < 4.78 is -0.118. The Kier molecular flexibility index (Phi) is 11.2. The van der Waals surface area contributed by atoms with Crippen LogP contribution in [0.2, 0.25) is 0 Å². The lowest BCUT2D eigenvalue weighted by Crippen LogP contribution is -2.34. The predicted molar refractivity (Wildman–Crippen MR) is 71.3 cm³/mol. The van der Waals surface area contributed by atoms with E-state index in [-0.39, 0.29) is 28.6 Å². The van der Waals surface area contributed by atoms with E-state index in [9.17, 15) is 9.59 Å². The van der Waals surface area contributed by atoms with E-state index < -0.39 is 0 Å². The maximum Gasteiger partial charge on any atom is 0.243 e. The van der Waals surface area contributed by atoms with Gasteiger partial charge in [-0.1, -0.05) is 0 Å². The first-order valence-corrected chi connectivity index (χ1v) is 7.03. The number of amides is 2. The van der Waals surface area contributed by atoms with Crippen LogP contribution in [0.25, 0.3) is 0 Å². The fraction of sp³-hybridized carbons (Fsp3) is 0.714. The number of rotatable bonds is 10. The summed E-state index contributed by atoms with van der Waals surface area (Å²) in [5, 5.41) is 0. The van der Waals surface area contributed by atoms with Crippen molar-refractivity contribution in [3.63, 3.8) is 0 Å². The molecule has 9 nitrogen and oxygen atoms in total. The Hall–Kier alpha value is -0.560. The highest BCUT2D eigenvalue weighted by atomic mass is 32.2. The van der Waals surface area contributed by atoms with Crippen molar-refractivity contribution in [3.8, 4) is 0 Å². The Balaban J connectivity index is 3.99. The third-order valence-electron chi connectivity index (χ3n) is 1.65. The van der Waals surface area contributed by atoms with Crippen LogP contribution >= 0.6 is 23.5 Å². The lowest BCUT2D eigenvalue weighted by atomic mass is 10.5. The Labute approximate surface area is 113 Å². The molecule has 0 radical (unpaired) electrons. The van der Waals surface area contributed by atoms with E-state index in [1.807, 2.05) is 10.9 Å². The molecule has 1 unspecified atom stereocenters. The normalized spacial score (nSPS) is 11.9. The summed E-state index contributed by atoms with van der Waals surface area (Å²) in [5.74, 6) is 15.1. The molecular weight excluding hydrogens is 280 g/mol. The highest BCUT2D eigenvalue weighted by molar-refractivity contribution is 8.17. The summed E-state index contributed by atoms with van der Waals surface area (Å²) in [6.07, 6.45) is 0.194. The number of nitrogens with one attached hydrogen (secondary N) is 3. The topological polar surface area (TPSA) is 158 Å². The molecule has 18 heavy (non-hydrogen) atoms. The van der Waals surface area contributed by atoms with Crippen LogP contribution < -0.4 is 34.0 Å². The van der Waals surface area contributed by atoms with Crippen LogP contribution in [0.3, 0.4) is 0 Å². The quantitative estimate of drug-likeness (QED) is 0.0846. The average Bonchev–Trinajstić information content (AvgIpc) is 2.39. The summed E-state index contributed by atoms with van der Waals surface area (Å²) in [5.41, 5.74) is 6.12. The van der Waals surface area contributed by atoms with Crippen LogP contribution in [0.5, 0.6) is 0 Å². The zero-order chi connectivity index (χ0) is 13.8. The first-order valence-electron chi connectivity index (χ1n) is 4.93. The van der Waals surface area contributed by atoms with Gasteiger partial charge in [0.2, 0.25) is 11.8 Å². The zero-order valence-electron chi connectivity index (χ0n) is 9.68. The lowest BCUT2D eigenvalue weighted by molar-refractivity contribution is -0.121. The molecule has 106 valence electrons. The average molecular weight is 298 g/mol. The number of thioether (sulfide) groups is 2. The number of nitrogens with two attached hydrogens (primary N) is 3. The maximum atomic E-state index is 11.2. The zero-order valence-corrected chi connectivity index (χ0v) is 11.3. The second kappa shape index (κ2) is 11.5. The molecule has 1 atom stereocenters. The molecule has 0 aliphatic carbocycles. The number of carbonyl (C=O) groups excluding carboxylic acids is 2. The summed E-state index contributed by atoms with van der Waals surface area (Å²) in [6, 6.07) is 0. The smallest absolute Gasteiger partial charge is 0.243 e. The molecule has 0 fully saturated rings. The van der Waals surface area contributed by atoms with Gasteiger partial charge < -0.3 is 0 Å². The van der Waals surface area contributed by atoms with Crippen molar-refractivity contribution < 1.29 is 14.4 Å². The Morgan fingerprint density at radius 2 is 1.78 bits per heavy atom. The molecule has 0 aliphatic rings. The van der Waals surface area contributed by atoms with Crippen LogP contribution in [0.4, 0.5) is 0 Å². The van der Waals surface area contributed by atoms with E-state index in [0.29, 0.717) is 12.4 Å². The Morgan fingerprint density at radius 3 is 2.33 bits per heavy atom. The minimum absolute atomic E-state index is 0.118. The Morgan fingerprint density at radius 1 is 1.11 bits per heavy atom. The number of carbonyl (C=O) groups is 2. The van der Waals surface area contributed by atoms with E-state index in [1.165, 1.54) is 23.5 Å². The van der Waals surface area contributed by atoms with Crippen molar-refractivity contribution in [2.45, 2.75) is 11.0 Å². The van der Waals surface area contributed by atoms with Gasteiger partial charge in [-0.25, -0.2) is 17.5 Å². The minimum atomic E-state index is -0.307. The summed E-state index contributed by atoms with van der Waals surface area (Å²) in [7, 11) is 0. The van der Waals surface area contributed by atoms with Crippen LogP contribution in [0.15, 0.2) is 0 Å². The van der Waals surface area contributed by atoms with Gasteiger partial charge in [0.05, 0.1) is 16.9 Å². The molecule has 0 aromatic heterocycles. The molecule has 9 N–H and O–H groups in total. The fourth-order valence-corrected chi connectivity index (χ4v) is 3.15. The molecule has 0 spiro atoms. The van der Waals surface area contributed by atoms with Crippen LogP contribution in [-0.4, -0.2) is 34.5 Å². The van der Waals surface area contributed by atoms with Crippen molar-refractivity contribution in [3.05, 3.63) is 0 Å². The molecule has 0 heterocycles. The van der Waals surface area contributed by atoms with Crippen molar-refractivity contribution >= 4 is 35.3 Å². The van der Waals surface area contributed by atoms with Crippen LogP contribution in [-0.2, 0) is 14.4 Å². The van der Waals surface area contributed by atoms with Gasteiger partial charge in [0.25, 0.3) is 0 Å². The van der Waals surface area contributed by atoms with Crippen LogP contribution in [0, 0.1) is 0 Å². The number of hydrazine groups is 3. The van der Waals surface area contributed by atoms with Gasteiger partial charge in [-0.2, -0.15) is 0 Å². The van der Waals surface area contributed by atoms with E-state index >= 15 is 0 Å². The van der Waals surface area contributed by atoms with E-state index in [4.69, 9.17) is 22.4 Å². The van der Waals surface area contributed by atoms with Gasteiger partial charge in [-0.05, 0) is 0 Å². The highest BCUT2D eigenvalue weighted by Gasteiger charge is 2.15. The SMILES string of the molecule is NNOCCSC(CC(=O)NN)SCC(=O)NN. The Bertz CT molecular complexity index is 257. The van der Waals surface area contributed by atoms with E-state index in [1.54, 1.807) is 0 Å². The third-order valence-corrected chi connectivity index (χ3v) is 4.37. The molecule has 0 saturated carbocycles. The maximum absolute atomic E-state index is 11.2. The van der Waals surface area contributed by atoms with Crippen molar-refractivity contribution in [1.29, 1.82) is 0 Å². The van der Waals surface area contributed by atoms with Gasteiger partial charge in [-0.15, -0.1) is 29.1 Å². The minimum Gasteiger partial charge on any atom is -0.294 e. The fourth-order valence-electron chi connectivity index (χ4n) is 0.867. The van der Waals surface area contributed by atoms with Gasteiger partial charge in [0.1, 0.15) is 0 Å². The van der Waals surface area contributed by atoms with Gasteiger partial charge in [0, 0.05) is 12.2 Å². The molecule has 0 aromatic carbocycles. The molecular formula is C7H18N6O3S2. The van der Waals surface area contributed by atoms with Crippen molar-refractivity contribution in [2.75, 3.05) is 18.1 Å². The van der Waals surface area contributed by atoms with Crippen molar-refractivity contribution in [2.24, 2.45) is 17.5 Å². The molecule has 0 rings (SSSR count). The first kappa shape index (κ1) is 17.4. The molecule has 0 aliphatic heterocycles. The van der Waals surface area contributed by atoms with Gasteiger partial charge >= 0.3 is 0 Å². The summed E-state index contributed by atoms with van der Waals surface area (Å²) >= 11 is 2.77. The van der Waals surface area contributed by atoms with E-state index in [2.05, 4.69) is 5.59 Å². The first-order chi connectivity index (χ1) is 8.63. The molecule has 11 heteroatoms.